The molecule has 7 nitrogen and oxygen atoms in total. The number of hydrogen-bond donors (Lipinski definition) is 2. The second kappa shape index (κ2) is 7.51. The van der Waals surface area contributed by atoms with Crippen molar-refractivity contribution in [3.8, 4) is 6.07 Å². The SMILES string of the molecule is CCN(CC(C)C#N)c1cc(NN)nc(COC)n1. The first kappa shape index (κ1) is 15.1. The summed E-state index contributed by atoms with van der Waals surface area (Å²) in [4.78, 5) is 10.6. The molecule has 0 spiro atoms. The lowest BCUT2D eigenvalue weighted by Crippen LogP contribution is -2.29. The lowest BCUT2D eigenvalue weighted by Gasteiger charge is -2.23. The number of nitriles is 1. The Balaban J connectivity index is 3.01. The number of anilines is 2. The first-order valence-electron chi connectivity index (χ1n) is 6.12. The number of hydrazine groups is 1. The molecule has 0 saturated carbocycles. The molecule has 0 aliphatic carbocycles. The minimum Gasteiger partial charge on any atom is -0.377 e. The predicted molar refractivity (Wildman–Crippen MR) is 73.2 cm³/mol. The third-order valence-electron chi connectivity index (χ3n) is 2.60. The minimum absolute atomic E-state index is 0.0740. The van der Waals surface area contributed by atoms with Crippen LogP contribution in [0.2, 0.25) is 0 Å². The van der Waals surface area contributed by atoms with Gasteiger partial charge < -0.3 is 15.1 Å². The van der Waals surface area contributed by atoms with Crippen LogP contribution in [0.3, 0.4) is 0 Å². The number of aromatic nitrogens is 2. The maximum atomic E-state index is 8.90. The number of ether oxygens (including phenoxy) is 1. The molecule has 1 rings (SSSR count). The largest absolute Gasteiger partial charge is 0.377 e. The van der Waals surface area contributed by atoms with Crippen LogP contribution in [0, 0.1) is 17.2 Å². The topological polar surface area (TPSA) is 100 Å². The molecule has 19 heavy (non-hydrogen) atoms. The highest BCUT2D eigenvalue weighted by Crippen LogP contribution is 2.17. The quantitative estimate of drug-likeness (QED) is 0.557. The molecule has 3 N–H and O–H groups in total. The number of nitrogens with two attached hydrogens (primary N) is 1. The van der Waals surface area contributed by atoms with Crippen molar-refractivity contribution < 1.29 is 4.74 Å². The molecule has 1 atom stereocenters. The van der Waals surface area contributed by atoms with Crippen LogP contribution in [-0.2, 0) is 11.3 Å². The van der Waals surface area contributed by atoms with Gasteiger partial charge in [0.25, 0.3) is 0 Å². The first-order chi connectivity index (χ1) is 9.14. The standard InChI is InChI=1S/C12H20N6O/c1-4-18(7-9(2)6-13)12-5-10(17-14)15-11(16-12)8-19-3/h5,9H,4,7-8,14H2,1-3H3,(H,15,16,17). The highest BCUT2D eigenvalue weighted by molar-refractivity contribution is 5.49. The second-order valence-electron chi connectivity index (χ2n) is 4.17. The lowest BCUT2D eigenvalue weighted by atomic mass is 10.2. The average molecular weight is 264 g/mol. The molecule has 7 heteroatoms. The zero-order valence-electron chi connectivity index (χ0n) is 11.6. The Hall–Kier alpha value is -1.91. The zero-order chi connectivity index (χ0) is 14.3. The van der Waals surface area contributed by atoms with E-state index in [0.717, 1.165) is 12.4 Å². The molecule has 1 aromatic heterocycles. The normalized spacial score (nSPS) is 11.7. The van der Waals surface area contributed by atoms with Gasteiger partial charge in [-0.2, -0.15) is 5.26 Å². The van der Waals surface area contributed by atoms with Crippen LogP contribution in [0.5, 0.6) is 0 Å². The van der Waals surface area contributed by atoms with Crippen molar-refractivity contribution in [3.63, 3.8) is 0 Å². The molecule has 0 saturated heterocycles. The van der Waals surface area contributed by atoms with Crippen molar-refractivity contribution in [1.82, 2.24) is 9.97 Å². The maximum absolute atomic E-state index is 8.90. The van der Waals surface area contributed by atoms with E-state index >= 15 is 0 Å². The Morgan fingerprint density at radius 1 is 1.58 bits per heavy atom. The van der Waals surface area contributed by atoms with Crippen molar-refractivity contribution in [1.29, 1.82) is 5.26 Å². The Morgan fingerprint density at radius 2 is 2.32 bits per heavy atom. The molecule has 0 radical (unpaired) electrons. The Morgan fingerprint density at radius 3 is 2.84 bits per heavy atom. The summed E-state index contributed by atoms with van der Waals surface area (Å²) in [6.45, 7) is 5.56. The number of methoxy groups -OCH3 is 1. The molecule has 0 aromatic carbocycles. The molecular formula is C12H20N6O. The molecule has 0 fully saturated rings. The maximum Gasteiger partial charge on any atom is 0.158 e. The van der Waals surface area contributed by atoms with Crippen molar-refractivity contribution in [2.45, 2.75) is 20.5 Å². The number of nitrogens with one attached hydrogen (secondary N) is 1. The monoisotopic (exact) mass is 264 g/mol. The van der Waals surface area contributed by atoms with Gasteiger partial charge in [-0.15, -0.1) is 0 Å². The minimum atomic E-state index is -0.0740. The van der Waals surface area contributed by atoms with Gasteiger partial charge in [-0.1, -0.05) is 0 Å². The molecule has 104 valence electrons. The van der Waals surface area contributed by atoms with Gasteiger partial charge in [0, 0.05) is 26.3 Å². The second-order valence-corrected chi connectivity index (χ2v) is 4.17. The third kappa shape index (κ3) is 4.35. The van der Waals surface area contributed by atoms with Gasteiger partial charge in [-0.25, -0.2) is 15.8 Å². The van der Waals surface area contributed by atoms with Crippen LogP contribution in [0.25, 0.3) is 0 Å². The van der Waals surface area contributed by atoms with Crippen molar-refractivity contribution >= 4 is 11.6 Å². The predicted octanol–water partition coefficient (Wildman–Crippen LogP) is 0.895. The fourth-order valence-electron chi connectivity index (χ4n) is 1.67. The van der Waals surface area contributed by atoms with E-state index in [2.05, 4.69) is 21.5 Å². The molecule has 1 aromatic rings. The third-order valence-corrected chi connectivity index (χ3v) is 2.60. The smallest absolute Gasteiger partial charge is 0.158 e. The van der Waals surface area contributed by atoms with Crippen LogP contribution in [-0.4, -0.2) is 30.2 Å². The van der Waals surface area contributed by atoms with Crippen LogP contribution in [0.4, 0.5) is 11.6 Å². The van der Waals surface area contributed by atoms with Crippen LogP contribution >= 0.6 is 0 Å². The first-order valence-corrected chi connectivity index (χ1v) is 6.12. The zero-order valence-corrected chi connectivity index (χ0v) is 11.6. The molecule has 1 unspecified atom stereocenters. The number of hydrogen-bond acceptors (Lipinski definition) is 7. The Bertz CT molecular complexity index is 444. The molecule has 0 amide bonds. The number of nitrogen functional groups attached to an aromatic ring is 1. The average Bonchev–Trinajstić information content (AvgIpc) is 2.44. The summed E-state index contributed by atoms with van der Waals surface area (Å²) in [5.41, 5.74) is 2.51. The Kier molecular flexibility index (Phi) is 5.99. The highest BCUT2D eigenvalue weighted by Gasteiger charge is 2.13. The molecule has 0 aliphatic rings. The number of rotatable bonds is 7. The fourth-order valence-corrected chi connectivity index (χ4v) is 1.67. The summed E-state index contributed by atoms with van der Waals surface area (Å²) in [6, 6.07) is 3.97. The molecular weight excluding hydrogens is 244 g/mol. The van der Waals surface area contributed by atoms with E-state index in [9.17, 15) is 0 Å². The molecule has 0 bridgehead atoms. The van der Waals surface area contributed by atoms with Crippen LogP contribution in [0.1, 0.15) is 19.7 Å². The summed E-state index contributed by atoms with van der Waals surface area (Å²) in [5, 5.41) is 8.90. The van der Waals surface area contributed by atoms with Gasteiger partial charge in [0.15, 0.2) is 5.82 Å². The van der Waals surface area contributed by atoms with Crippen molar-refractivity contribution in [2.75, 3.05) is 30.5 Å². The van der Waals surface area contributed by atoms with Gasteiger partial charge in [0.2, 0.25) is 0 Å². The highest BCUT2D eigenvalue weighted by atomic mass is 16.5. The van der Waals surface area contributed by atoms with Gasteiger partial charge >= 0.3 is 0 Å². The van der Waals surface area contributed by atoms with E-state index in [0.29, 0.717) is 24.8 Å². The molecule has 0 aliphatic heterocycles. The summed E-state index contributed by atoms with van der Waals surface area (Å²) < 4.78 is 5.03. The van der Waals surface area contributed by atoms with E-state index in [1.54, 1.807) is 13.2 Å². The van der Waals surface area contributed by atoms with Gasteiger partial charge in [-0.3, -0.25) is 0 Å². The van der Waals surface area contributed by atoms with E-state index < -0.39 is 0 Å². The Labute approximate surface area is 113 Å². The van der Waals surface area contributed by atoms with Crippen LogP contribution < -0.4 is 16.2 Å². The van der Waals surface area contributed by atoms with Gasteiger partial charge in [0.1, 0.15) is 18.2 Å². The molecule has 1 heterocycles. The van der Waals surface area contributed by atoms with E-state index in [1.807, 2.05) is 18.7 Å². The fraction of sp³-hybridized carbons (Fsp3) is 0.583. The lowest BCUT2D eigenvalue weighted by molar-refractivity contribution is 0.178. The summed E-state index contributed by atoms with van der Waals surface area (Å²) >= 11 is 0. The summed E-state index contributed by atoms with van der Waals surface area (Å²) in [5.74, 6) is 7.14. The van der Waals surface area contributed by atoms with Gasteiger partial charge in [-0.05, 0) is 13.8 Å². The van der Waals surface area contributed by atoms with Gasteiger partial charge in [0.05, 0.1) is 12.0 Å². The summed E-state index contributed by atoms with van der Waals surface area (Å²) in [6.07, 6.45) is 0. The van der Waals surface area contributed by atoms with Crippen molar-refractivity contribution in [2.24, 2.45) is 11.8 Å². The van der Waals surface area contributed by atoms with Crippen LogP contribution in [0.15, 0.2) is 6.07 Å². The van der Waals surface area contributed by atoms with Crippen molar-refractivity contribution in [3.05, 3.63) is 11.9 Å². The van der Waals surface area contributed by atoms with E-state index in [-0.39, 0.29) is 5.92 Å². The van der Waals surface area contributed by atoms with E-state index in [1.165, 1.54) is 0 Å². The number of nitrogens with zero attached hydrogens (tertiary/aromatic N) is 4. The van der Waals surface area contributed by atoms with E-state index in [4.69, 9.17) is 15.8 Å². The summed E-state index contributed by atoms with van der Waals surface area (Å²) in [7, 11) is 1.58.